The Labute approximate surface area is 175 Å². The average molecular weight is 398 g/mol. The maximum atomic E-state index is 6.44. The van der Waals surface area contributed by atoms with Crippen LogP contribution in [0.4, 0.5) is 5.69 Å². The van der Waals surface area contributed by atoms with E-state index in [1.54, 1.807) is 0 Å². The zero-order valence-corrected chi connectivity index (χ0v) is 18.4. The Morgan fingerprint density at radius 3 is 2.38 bits per heavy atom. The smallest absolute Gasteiger partial charge is 0.403 e. The summed E-state index contributed by atoms with van der Waals surface area (Å²) in [5, 5.41) is 0.241. The molecular formula is C23H35BN2O3. The molecule has 5 rings (SSSR count). The Morgan fingerprint density at radius 2 is 1.69 bits per heavy atom. The van der Waals surface area contributed by atoms with Crippen molar-refractivity contribution in [1.29, 1.82) is 0 Å². The Kier molecular flexibility index (Phi) is 4.78. The molecule has 1 saturated carbocycles. The van der Waals surface area contributed by atoms with E-state index in [-0.39, 0.29) is 23.6 Å². The highest BCUT2D eigenvalue weighted by atomic mass is 16.7. The predicted octanol–water partition coefficient (Wildman–Crippen LogP) is 3.58. The fraction of sp³-hybridized carbons (Fsp3) is 0.739. The van der Waals surface area contributed by atoms with E-state index in [2.05, 4.69) is 61.8 Å². The van der Waals surface area contributed by atoms with Crippen molar-refractivity contribution in [3.05, 3.63) is 29.8 Å². The molecule has 2 atom stereocenters. The molecule has 0 amide bonds. The summed E-state index contributed by atoms with van der Waals surface area (Å²) >= 11 is 0. The topological polar surface area (TPSA) is 34.2 Å². The zero-order chi connectivity index (χ0) is 20.3. The van der Waals surface area contributed by atoms with Crippen molar-refractivity contribution < 1.29 is 14.0 Å². The quantitative estimate of drug-likeness (QED) is 0.725. The Balaban J connectivity index is 1.24. The van der Waals surface area contributed by atoms with E-state index in [0.29, 0.717) is 5.92 Å². The number of ether oxygens (including phenoxy) is 1. The molecule has 4 aliphatic rings. The maximum absolute atomic E-state index is 6.44. The molecule has 4 fully saturated rings. The molecule has 0 bridgehead atoms. The lowest BCUT2D eigenvalue weighted by Crippen LogP contribution is -2.41. The van der Waals surface area contributed by atoms with Gasteiger partial charge in [0, 0.05) is 37.2 Å². The summed E-state index contributed by atoms with van der Waals surface area (Å²) in [6.45, 7) is 15.6. The standard InChI is InChI=1S/C23H35BN2O3/c1-21(2)22(3,4)29-24(28-21)23-9-10-25(17-19(23)15-23)16-18-7-5-6-8-20(18)26-11-13-27-14-12-26/h5-8,19H,9-17H2,1-4H3. The van der Waals surface area contributed by atoms with Gasteiger partial charge in [-0.15, -0.1) is 0 Å². The molecular weight excluding hydrogens is 363 g/mol. The number of nitrogens with zero attached hydrogens (tertiary/aromatic N) is 2. The Morgan fingerprint density at radius 1 is 1.00 bits per heavy atom. The van der Waals surface area contributed by atoms with Crippen molar-refractivity contribution in [2.45, 2.75) is 63.6 Å². The zero-order valence-electron chi connectivity index (χ0n) is 18.4. The maximum Gasteiger partial charge on any atom is 0.464 e. The highest BCUT2D eigenvalue weighted by Gasteiger charge is 2.70. The first-order chi connectivity index (χ1) is 13.8. The van der Waals surface area contributed by atoms with E-state index >= 15 is 0 Å². The summed E-state index contributed by atoms with van der Waals surface area (Å²) in [5.41, 5.74) is 2.37. The number of hydrogen-bond acceptors (Lipinski definition) is 5. The van der Waals surface area contributed by atoms with Crippen molar-refractivity contribution in [2.75, 3.05) is 44.3 Å². The van der Waals surface area contributed by atoms with E-state index in [0.717, 1.165) is 45.9 Å². The molecule has 0 aromatic heterocycles. The van der Waals surface area contributed by atoms with Crippen LogP contribution in [0.3, 0.4) is 0 Å². The minimum absolute atomic E-state index is 0.0414. The molecule has 1 aliphatic carbocycles. The molecule has 3 heterocycles. The Bertz CT molecular complexity index is 748. The second kappa shape index (κ2) is 6.98. The van der Waals surface area contributed by atoms with E-state index < -0.39 is 0 Å². The minimum atomic E-state index is -0.228. The SMILES string of the molecule is CC1(C)OB(C23CCN(Cc4ccccc4N4CCOCC4)CC2C3)OC1(C)C. The molecule has 3 aliphatic heterocycles. The summed E-state index contributed by atoms with van der Waals surface area (Å²) in [6, 6.07) is 8.91. The van der Waals surface area contributed by atoms with E-state index in [1.165, 1.54) is 24.1 Å². The van der Waals surface area contributed by atoms with Gasteiger partial charge in [0.1, 0.15) is 0 Å². The highest BCUT2D eigenvalue weighted by molar-refractivity contribution is 6.51. The largest absolute Gasteiger partial charge is 0.464 e. The van der Waals surface area contributed by atoms with Crippen LogP contribution in [-0.2, 0) is 20.6 Å². The monoisotopic (exact) mass is 398 g/mol. The number of anilines is 1. The van der Waals surface area contributed by atoms with Crippen molar-refractivity contribution in [3.8, 4) is 0 Å². The molecule has 3 saturated heterocycles. The van der Waals surface area contributed by atoms with Crippen molar-refractivity contribution in [1.82, 2.24) is 4.90 Å². The predicted molar refractivity (Wildman–Crippen MR) is 116 cm³/mol. The van der Waals surface area contributed by atoms with Crippen molar-refractivity contribution >= 4 is 12.8 Å². The third kappa shape index (κ3) is 3.42. The van der Waals surface area contributed by atoms with Crippen LogP contribution < -0.4 is 4.90 Å². The molecule has 6 heteroatoms. The fourth-order valence-corrected chi connectivity index (χ4v) is 5.35. The molecule has 2 unspecified atom stereocenters. The first-order valence-corrected chi connectivity index (χ1v) is 11.3. The van der Waals surface area contributed by atoms with Gasteiger partial charge in [-0.1, -0.05) is 18.2 Å². The first-order valence-electron chi connectivity index (χ1n) is 11.3. The molecule has 1 aromatic rings. The van der Waals surface area contributed by atoms with Gasteiger partial charge in [-0.05, 0) is 64.6 Å². The normalized spacial score (nSPS) is 33.6. The van der Waals surface area contributed by atoms with Crippen molar-refractivity contribution in [3.63, 3.8) is 0 Å². The van der Waals surface area contributed by atoms with Crippen LogP contribution in [0.1, 0.15) is 46.1 Å². The van der Waals surface area contributed by atoms with Gasteiger partial charge in [-0.25, -0.2) is 0 Å². The van der Waals surface area contributed by atoms with Crippen LogP contribution in [0, 0.1) is 5.92 Å². The molecule has 0 radical (unpaired) electrons. The van der Waals surface area contributed by atoms with Gasteiger partial charge in [0.2, 0.25) is 0 Å². The summed E-state index contributed by atoms with van der Waals surface area (Å²) in [6.07, 6.45) is 2.42. The second-order valence-electron chi connectivity index (χ2n) is 10.4. The molecule has 5 nitrogen and oxygen atoms in total. The first kappa shape index (κ1) is 19.9. The van der Waals surface area contributed by atoms with Crippen LogP contribution in [0.2, 0.25) is 5.31 Å². The summed E-state index contributed by atoms with van der Waals surface area (Å²) < 4.78 is 18.4. The molecule has 29 heavy (non-hydrogen) atoms. The lowest BCUT2D eigenvalue weighted by Gasteiger charge is -2.35. The van der Waals surface area contributed by atoms with E-state index in [4.69, 9.17) is 14.0 Å². The fourth-order valence-electron chi connectivity index (χ4n) is 5.35. The van der Waals surface area contributed by atoms with Crippen LogP contribution in [0.25, 0.3) is 0 Å². The number of fused-ring (bicyclic) bond motifs is 1. The van der Waals surface area contributed by atoms with Gasteiger partial charge >= 0.3 is 7.12 Å². The highest BCUT2D eigenvalue weighted by Crippen LogP contribution is 2.69. The summed E-state index contributed by atoms with van der Waals surface area (Å²) in [5.74, 6) is 0.696. The van der Waals surface area contributed by atoms with Gasteiger partial charge in [-0.3, -0.25) is 4.90 Å². The molecule has 0 N–H and O–H groups in total. The number of benzene rings is 1. The number of morpholine rings is 1. The average Bonchev–Trinajstić information content (AvgIpc) is 3.38. The van der Waals surface area contributed by atoms with Gasteiger partial charge in [0.05, 0.1) is 24.4 Å². The Hall–Kier alpha value is -1.08. The summed E-state index contributed by atoms with van der Waals surface area (Å²) in [4.78, 5) is 5.12. The van der Waals surface area contributed by atoms with E-state index in [9.17, 15) is 0 Å². The number of para-hydroxylation sites is 1. The van der Waals surface area contributed by atoms with Crippen LogP contribution in [-0.4, -0.2) is 62.6 Å². The van der Waals surface area contributed by atoms with Crippen LogP contribution in [0.5, 0.6) is 0 Å². The number of rotatable bonds is 4. The minimum Gasteiger partial charge on any atom is -0.403 e. The molecule has 1 aromatic carbocycles. The summed E-state index contributed by atoms with van der Waals surface area (Å²) in [7, 11) is -0.0414. The second-order valence-corrected chi connectivity index (χ2v) is 10.4. The third-order valence-corrected chi connectivity index (χ3v) is 8.11. The third-order valence-electron chi connectivity index (χ3n) is 8.11. The molecule has 158 valence electrons. The molecule has 0 spiro atoms. The number of piperidine rings is 1. The van der Waals surface area contributed by atoms with Crippen molar-refractivity contribution in [2.24, 2.45) is 5.92 Å². The van der Waals surface area contributed by atoms with E-state index in [1.807, 2.05) is 0 Å². The van der Waals surface area contributed by atoms with Gasteiger partial charge in [-0.2, -0.15) is 0 Å². The lowest BCUT2D eigenvalue weighted by molar-refractivity contribution is 0.00578. The van der Waals surface area contributed by atoms with Crippen LogP contribution in [0.15, 0.2) is 24.3 Å². The number of hydrogen-bond donors (Lipinski definition) is 0. The number of likely N-dealkylation sites (tertiary alicyclic amines) is 1. The van der Waals surface area contributed by atoms with Gasteiger partial charge < -0.3 is 18.9 Å². The van der Waals surface area contributed by atoms with Crippen LogP contribution >= 0.6 is 0 Å². The van der Waals surface area contributed by atoms with Gasteiger partial charge in [0.15, 0.2) is 0 Å². The lowest BCUT2D eigenvalue weighted by atomic mass is 9.63. The van der Waals surface area contributed by atoms with Gasteiger partial charge in [0.25, 0.3) is 0 Å².